The lowest BCUT2D eigenvalue weighted by Gasteiger charge is -2.02. The summed E-state index contributed by atoms with van der Waals surface area (Å²) in [6.07, 6.45) is 0. The van der Waals surface area contributed by atoms with Crippen molar-refractivity contribution >= 4 is 17.5 Å². The fourth-order valence-corrected chi connectivity index (χ4v) is 1.19. The number of hydrogen-bond donors (Lipinski definition) is 3. The zero-order chi connectivity index (χ0) is 12.4. The van der Waals surface area contributed by atoms with Crippen LogP contribution >= 0.6 is 0 Å². The first-order valence-corrected chi connectivity index (χ1v) is 4.50. The van der Waals surface area contributed by atoms with Gasteiger partial charge in [0.05, 0.1) is 0 Å². The van der Waals surface area contributed by atoms with E-state index < -0.39 is 17.5 Å². The Morgan fingerprint density at radius 3 is 2.47 bits per heavy atom. The summed E-state index contributed by atoms with van der Waals surface area (Å²) in [7, 11) is 0. The highest BCUT2D eigenvalue weighted by atomic mass is 19.1. The Bertz CT molecular complexity index is 548. The summed E-state index contributed by atoms with van der Waals surface area (Å²) in [5.41, 5.74) is 5.18. The Labute approximate surface area is 93.9 Å². The molecule has 0 aliphatic carbocycles. The molecule has 1 amide bonds. The highest BCUT2D eigenvalue weighted by molar-refractivity contribution is 6.01. The molecule has 0 unspecified atom stereocenters. The van der Waals surface area contributed by atoms with Crippen molar-refractivity contribution in [3.8, 4) is 0 Å². The second kappa shape index (κ2) is 4.16. The van der Waals surface area contributed by atoms with Gasteiger partial charge < -0.3 is 11.1 Å². The van der Waals surface area contributed by atoms with E-state index in [9.17, 15) is 13.6 Å². The smallest absolute Gasteiger partial charge is 0.293 e. The van der Waals surface area contributed by atoms with E-state index >= 15 is 0 Å². The molecule has 0 spiro atoms. The van der Waals surface area contributed by atoms with Crippen molar-refractivity contribution in [2.45, 2.75) is 0 Å². The van der Waals surface area contributed by atoms with E-state index in [1.807, 2.05) is 0 Å². The minimum absolute atomic E-state index is 0.0255. The molecule has 1 aromatic carbocycles. The Kier molecular flexibility index (Phi) is 2.69. The number of halogens is 2. The topological polar surface area (TPSA) is 96.7 Å². The Hall–Kier alpha value is -2.51. The molecule has 0 saturated carbocycles. The molecule has 1 heterocycles. The molecule has 0 aliphatic heterocycles. The molecular weight excluding hydrogens is 232 g/mol. The number of nitrogens with two attached hydrogens (primary N) is 1. The SMILES string of the molecule is Nc1n[nH]c(C(=O)Nc2cc(F)cc(F)c2)n1. The lowest BCUT2D eigenvalue weighted by Crippen LogP contribution is -2.14. The quantitative estimate of drug-likeness (QED) is 0.725. The zero-order valence-electron chi connectivity index (χ0n) is 8.37. The van der Waals surface area contributed by atoms with Crippen LogP contribution in [0.2, 0.25) is 0 Å². The zero-order valence-corrected chi connectivity index (χ0v) is 8.37. The van der Waals surface area contributed by atoms with E-state index in [1.54, 1.807) is 0 Å². The highest BCUT2D eigenvalue weighted by Crippen LogP contribution is 2.13. The van der Waals surface area contributed by atoms with Crippen molar-refractivity contribution in [1.29, 1.82) is 0 Å². The molecule has 4 N–H and O–H groups in total. The van der Waals surface area contributed by atoms with Crippen LogP contribution in [0.1, 0.15) is 10.6 Å². The number of rotatable bonds is 2. The standard InChI is InChI=1S/C9H7F2N5O/c10-4-1-5(11)3-6(2-4)13-8(17)7-14-9(12)16-15-7/h1-3H,(H,13,17)(H3,12,14,15,16). The second-order valence-electron chi connectivity index (χ2n) is 3.15. The molecule has 2 aromatic rings. The van der Waals surface area contributed by atoms with E-state index in [-0.39, 0.29) is 17.5 Å². The summed E-state index contributed by atoms with van der Waals surface area (Å²) in [5.74, 6) is -2.53. The molecule has 0 saturated heterocycles. The van der Waals surface area contributed by atoms with Gasteiger partial charge in [-0.2, -0.15) is 4.98 Å². The number of benzene rings is 1. The van der Waals surface area contributed by atoms with Gasteiger partial charge in [0.25, 0.3) is 5.91 Å². The molecule has 17 heavy (non-hydrogen) atoms. The van der Waals surface area contributed by atoms with Gasteiger partial charge in [0.1, 0.15) is 11.6 Å². The fraction of sp³-hybridized carbons (Fsp3) is 0. The predicted octanol–water partition coefficient (Wildman–Crippen LogP) is 0.917. The number of nitrogens with zero attached hydrogens (tertiary/aromatic N) is 2. The Balaban J connectivity index is 2.18. The summed E-state index contributed by atoms with van der Waals surface area (Å²) in [6.45, 7) is 0. The van der Waals surface area contributed by atoms with Crippen molar-refractivity contribution in [3.05, 3.63) is 35.7 Å². The van der Waals surface area contributed by atoms with Gasteiger partial charge >= 0.3 is 0 Å². The molecule has 8 heteroatoms. The summed E-state index contributed by atoms with van der Waals surface area (Å²) in [5, 5.41) is 7.96. The van der Waals surface area contributed by atoms with Crippen LogP contribution in [-0.2, 0) is 0 Å². The van der Waals surface area contributed by atoms with Gasteiger partial charge in [-0.05, 0) is 12.1 Å². The third-order valence-electron chi connectivity index (χ3n) is 1.84. The minimum atomic E-state index is -0.794. The normalized spacial score (nSPS) is 10.2. The van der Waals surface area contributed by atoms with E-state index in [0.717, 1.165) is 12.1 Å². The van der Waals surface area contributed by atoms with Crippen LogP contribution < -0.4 is 11.1 Å². The molecule has 2 rings (SSSR count). The molecule has 1 aromatic heterocycles. The van der Waals surface area contributed by atoms with Gasteiger partial charge in [0, 0.05) is 11.8 Å². The van der Waals surface area contributed by atoms with E-state index in [2.05, 4.69) is 20.5 Å². The summed E-state index contributed by atoms with van der Waals surface area (Å²) in [6, 6.07) is 2.64. The molecule has 0 bridgehead atoms. The summed E-state index contributed by atoms with van der Waals surface area (Å²) < 4.78 is 25.7. The summed E-state index contributed by atoms with van der Waals surface area (Å²) >= 11 is 0. The summed E-state index contributed by atoms with van der Waals surface area (Å²) in [4.78, 5) is 15.1. The molecule has 0 radical (unpaired) electrons. The first-order chi connectivity index (χ1) is 8.04. The maximum absolute atomic E-state index is 12.8. The van der Waals surface area contributed by atoms with Crippen molar-refractivity contribution in [2.75, 3.05) is 11.1 Å². The van der Waals surface area contributed by atoms with Crippen LogP contribution in [0.15, 0.2) is 18.2 Å². The number of carbonyl (C=O) groups excluding carboxylic acids is 1. The van der Waals surface area contributed by atoms with Crippen LogP contribution in [0, 0.1) is 11.6 Å². The molecule has 88 valence electrons. The van der Waals surface area contributed by atoms with Gasteiger partial charge in [-0.15, -0.1) is 5.10 Å². The first-order valence-electron chi connectivity index (χ1n) is 4.50. The van der Waals surface area contributed by atoms with Crippen molar-refractivity contribution < 1.29 is 13.6 Å². The van der Waals surface area contributed by atoms with E-state index in [4.69, 9.17) is 5.73 Å². The molecule has 0 atom stereocenters. The number of aromatic amines is 1. The molecule has 0 fully saturated rings. The number of hydrogen-bond acceptors (Lipinski definition) is 4. The number of anilines is 2. The second-order valence-corrected chi connectivity index (χ2v) is 3.15. The Morgan fingerprint density at radius 2 is 1.94 bits per heavy atom. The van der Waals surface area contributed by atoms with Gasteiger partial charge in [-0.25, -0.2) is 8.78 Å². The van der Waals surface area contributed by atoms with E-state index in [0.29, 0.717) is 6.07 Å². The van der Waals surface area contributed by atoms with E-state index in [1.165, 1.54) is 0 Å². The number of carbonyl (C=O) groups is 1. The van der Waals surface area contributed by atoms with Crippen LogP contribution in [0.3, 0.4) is 0 Å². The maximum atomic E-state index is 12.8. The molecular formula is C9H7F2N5O. The Morgan fingerprint density at radius 1 is 1.29 bits per heavy atom. The van der Waals surface area contributed by atoms with Crippen LogP contribution in [0.5, 0.6) is 0 Å². The van der Waals surface area contributed by atoms with Gasteiger partial charge in [-0.3, -0.25) is 9.89 Å². The largest absolute Gasteiger partial charge is 0.366 e. The lowest BCUT2D eigenvalue weighted by molar-refractivity contribution is 0.101. The van der Waals surface area contributed by atoms with Crippen molar-refractivity contribution in [2.24, 2.45) is 0 Å². The average molecular weight is 239 g/mol. The van der Waals surface area contributed by atoms with Gasteiger partial charge in [0.2, 0.25) is 11.8 Å². The van der Waals surface area contributed by atoms with Gasteiger partial charge in [-0.1, -0.05) is 0 Å². The number of H-pyrrole nitrogens is 1. The predicted molar refractivity (Wildman–Crippen MR) is 55.1 cm³/mol. The molecule has 0 aliphatic rings. The van der Waals surface area contributed by atoms with Crippen molar-refractivity contribution in [1.82, 2.24) is 15.2 Å². The molecule has 6 nitrogen and oxygen atoms in total. The number of aromatic nitrogens is 3. The first kappa shape index (κ1) is 11.0. The van der Waals surface area contributed by atoms with Crippen LogP contribution in [-0.4, -0.2) is 21.1 Å². The number of amides is 1. The third-order valence-corrected chi connectivity index (χ3v) is 1.84. The van der Waals surface area contributed by atoms with Gasteiger partial charge in [0.15, 0.2) is 0 Å². The number of nitrogens with one attached hydrogen (secondary N) is 2. The highest BCUT2D eigenvalue weighted by Gasteiger charge is 2.11. The average Bonchev–Trinajstić information content (AvgIpc) is 2.63. The van der Waals surface area contributed by atoms with Crippen LogP contribution in [0.4, 0.5) is 20.4 Å². The number of nitrogen functional groups attached to an aromatic ring is 1. The van der Waals surface area contributed by atoms with Crippen molar-refractivity contribution in [3.63, 3.8) is 0 Å². The lowest BCUT2D eigenvalue weighted by atomic mass is 10.3. The fourth-order valence-electron chi connectivity index (χ4n) is 1.19. The third kappa shape index (κ3) is 2.54. The maximum Gasteiger partial charge on any atom is 0.293 e. The monoisotopic (exact) mass is 239 g/mol. The van der Waals surface area contributed by atoms with Crippen LogP contribution in [0.25, 0.3) is 0 Å². The minimum Gasteiger partial charge on any atom is -0.366 e.